The summed E-state index contributed by atoms with van der Waals surface area (Å²) in [6.45, 7) is 4.58. The van der Waals surface area contributed by atoms with Crippen LogP contribution >= 0.6 is 43.2 Å². The molecule has 0 spiro atoms. The van der Waals surface area contributed by atoms with Crippen molar-refractivity contribution in [1.82, 2.24) is 0 Å². The fourth-order valence-electron chi connectivity index (χ4n) is 1.13. The summed E-state index contributed by atoms with van der Waals surface area (Å²) < 4.78 is 1.23. The topological polar surface area (TPSA) is 0 Å². The van der Waals surface area contributed by atoms with Gasteiger partial charge in [0, 0.05) is 10.2 Å². The highest BCUT2D eigenvalue weighted by atomic mass is 79.9. The van der Waals surface area contributed by atoms with Gasteiger partial charge >= 0.3 is 0 Å². The maximum Gasteiger partial charge on any atom is 0.0701 e. The summed E-state index contributed by atoms with van der Waals surface area (Å²) in [5.41, 5.74) is 0.407. The second kappa shape index (κ2) is 4.94. The number of halogens is 2. The summed E-state index contributed by atoms with van der Waals surface area (Å²) in [5.74, 6) is 0. The standard InChI is InChI=1S/C10H14Br2S/c1-3-10(2,7-11)6-8-4-5-9(12)13-8/h4-5H,3,6-7H2,1-2H3. The van der Waals surface area contributed by atoms with Crippen molar-refractivity contribution < 1.29 is 0 Å². The third kappa shape index (κ3) is 3.37. The van der Waals surface area contributed by atoms with Gasteiger partial charge in [0.05, 0.1) is 3.79 Å². The quantitative estimate of drug-likeness (QED) is 0.693. The van der Waals surface area contributed by atoms with Crippen molar-refractivity contribution in [1.29, 1.82) is 0 Å². The van der Waals surface area contributed by atoms with Gasteiger partial charge in [-0.15, -0.1) is 11.3 Å². The zero-order chi connectivity index (χ0) is 9.90. The molecule has 1 atom stereocenters. The second-order valence-corrected chi connectivity index (χ2v) is 6.79. The minimum absolute atomic E-state index is 0.407. The van der Waals surface area contributed by atoms with Crippen molar-refractivity contribution in [2.24, 2.45) is 5.41 Å². The van der Waals surface area contributed by atoms with Crippen LogP contribution in [-0.4, -0.2) is 5.33 Å². The first-order chi connectivity index (χ1) is 6.09. The Kier molecular flexibility index (Phi) is 4.46. The lowest BCUT2D eigenvalue weighted by molar-refractivity contribution is 0.364. The summed E-state index contributed by atoms with van der Waals surface area (Å²) in [6.07, 6.45) is 2.39. The molecule has 0 amide bonds. The molecule has 0 fully saturated rings. The minimum Gasteiger partial charge on any atom is -0.133 e. The van der Waals surface area contributed by atoms with Crippen LogP contribution in [0.4, 0.5) is 0 Å². The zero-order valence-corrected chi connectivity index (χ0v) is 11.9. The first-order valence-electron chi connectivity index (χ1n) is 4.40. The van der Waals surface area contributed by atoms with E-state index in [1.165, 1.54) is 21.5 Å². The lowest BCUT2D eigenvalue weighted by Crippen LogP contribution is -2.19. The molecule has 1 aromatic rings. The lowest BCUT2D eigenvalue weighted by Gasteiger charge is -2.24. The molecule has 3 heteroatoms. The Labute approximate surface area is 101 Å². The molecule has 0 aliphatic heterocycles. The highest BCUT2D eigenvalue weighted by molar-refractivity contribution is 9.11. The predicted molar refractivity (Wildman–Crippen MR) is 67.9 cm³/mol. The van der Waals surface area contributed by atoms with Gasteiger partial charge in [-0.25, -0.2) is 0 Å². The summed E-state index contributed by atoms with van der Waals surface area (Å²) in [4.78, 5) is 1.47. The Hall–Kier alpha value is 0.660. The first-order valence-corrected chi connectivity index (χ1v) is 7.13. The van der Waals surface area contributed by atoms with Crippen molar-refractivity contribution in [3.05, 3.63) is 20.8 Å². The van der Waals surface area contributed by atoms with Crippen molar-refractivity contribution >= 4 is 43.2 Å². The van der Waals surface area contributed by atoms with E-state index < -0.39 is 0 Å². The molecule has 74 valence electrons. The molecule has 0 bridgehead atoms. The van der Waals surface area contributed by atoms with Gasteiger partial charge in [0.1, 0.15) is 0 Å². The van der Waals surface area contributed by atoms with Gasteiger partial charge in [-0.3, -0.25) is 0 Å². The van der Waals surface area contributed by atoms with Gasteiger partial charge < -0.3 is 0 Å². The van der Waals surface area contributed by atoms with Gasteiger partial charge in [-0.2, -0.15) is 0 Å². The van der Waals surface area contributed by atoms with Gasteiger partial charge in [0.2, 0.25) is 0 Å². The van der Waals surface area contributed by atoms with Crippen LogP contribution in [0, 0.1) is 5.41 Å². The fraction of sp³-hybridized carbons (Fsp3) is 0.600. The molecule has 0 aromatic carbocycles. The molecule has 1 rings (SSSR count). The Bertz CT molecular complexity index is 264. The average Bonchev–Trinajstić information content (AvgIpc) is 2.51. The van der Waals surface area contributed by atoms with E-state index in [0.717, 1.165) is 5.33 Å². The van der Waals surface area contributed by atoms with Gasteiger partial charge in [0.25, 0.3) is 0 Å². The largest absolute Gasteiger partial charge is 0.133 e. The summed E-state index contributed by atoms with van der Waals surface area (Å²) in [5, 5.41) is 1.08. The van der Waals surface area contributed by atoms with E-state index in [1.54, 1.807) is 0 Å². The molecule has 0 nitrogen and oxygen atoms in total. The highest BCUT2D eigenvalue weighted by Gasteiger charge is 2.21. The SMILES string of the molecule is CCC(C)(CBr)Cc1ccc(Br)s1. The van der Waals surface area contributed by atoms with E-state index in [4.69, 9.17) is 0 Å². The van der Waals surface area contributed by atoms with E-state index in [1.807, 2.05) is 11.3 Å². The molecule has 1 heterocycles. The predicted octanol–water partition coefficient (Wildman–Crippen LogP) is 4.86. The molecule has 0 saturated carbocycles. The van der Waals surface area contributed by atoms with Crippen LogP contribution < -0.4 is 0 Å². The third-order valence-electron chi connectivity index (χ3n) is 2.41. The van der Waals surface area contributed by atoms with Crippen LogP contribution in [0.5, 0.6) is 0 Å². The average molecular weight is 326 g/mol. The molecule has 0 saturated heterocycles. The Morgan fingerprint density at radius 2 is 2.15 bits per heavy atom. The van der Waals surface area contributed by atoms with Crippen LogP contribution in [-0.2, 0) is 6.42 Å². The van der Waals surface area contributed by atoms with Gasteiger partial charge in [-0.05, 0) is 46.3 Å². The fourth-order valence-corrected chi connectivity index (χ4v) is 3.43. The maximum atomic E-state index is 3.59. The minimum atomic E-state index is 0.407. The zero-order valence-electron chi connectivity index (χ0n) is 7.94. The molecule has 13 heavy (non-hydrogen) atoms. The Balaban J connectivity index is 2.67. The smallest absolute Gasteiger partial charge is 0.0701 e. The van der Waals surface area contributed by atoms with Crippen LogP contribution in [0.3, 0.4) is 0 Å². The maximum absolute atomic E-state index is 3.59. The van der Waals surface area contributed by atoms with Gasteiger partial charge in [0.15, 0.2) is 0 Å². The summed E-state index contributed by atoms with van der Waals surface area (Å²) >= 11 is 8.92. The van der Waals surface area contributed by atoms with Crippen LogP contribution in [0.2, 0.25) is 0 Å². The molecule has 0 N–H and O–H groups in total. The Morgan fingerprint density at radius 1 is 1.46 bits per heavy atom. The van der Waals surface area contributed by atoms with Crippen LogP contribution in [0.15, 0.2) is 15.9 Å². The van der Waals surface area contributed by atoms with Crippen molar-refractivity contribution in [2.45, 2.75) is 26.7 Å². The van der Waals surface area contributed by atoms with E-state index in [9.17, 15) is 0 Å². The van der Waals surface area contributed by atoms with Crippen LogP contribution in [0.1, 0.15) is 25.1 Å². The number of thiophene rings is 1. The monoisotopic (exact) mass is 324 g/mol. The number of alkyl halides is 1. The molecule has 1 unspecified atom stereocenters. The summed E-state index contributed by atoms with van der Waals surface area (Å²) in [7, 11) is 0. The second-order valence-electron chi connectivity index (χ2n) is 3.68. The number of hydrogen-bond donors (Lipinski definition) is 0. The van der Waals surface area contributed by atoms with E-state index >= 15 is 0 Å². The third-order valence-corrected chi connectivity index (χ3v) is 5.38. The van der Waals surface area contributed by atoms with E-state index in [-0.39, 0.29) is 0 Å². The van der Waals surface area contributed by atoms with Crippen molar-refractivity contribution in [3.63, 3.8) is 0 Å². The van der Waals surface area contributed by atoms with E-state index in [2.05, 4.69) is 57.8 Å². The molecule has 0 aliphatic carbocycles. The molecular weight excluding hydrogens is 312 g/mol. The molecule has 0 aliphatic rings. The summed E-state index contributed by atoms with van der Waals surface area (Å²) in [6, 6.07) is 4.34. The molecular formula is C10H14Br2S. The van der Waals surface area contributed by atoms with Crippen molar-refractivity contribution in [3.8, 4) is 0 Å². The first kappa shape index (κ1) is 11.7. The molecule has 0 radical (unpaired) electrons. The number of hydrogen-bond acceptors (Lipinski definition) is 1. The highest BCUT2D eigenvalue weighted by Crippen LogP contribution is 2.32. The number of rotatable bonds is 4. The Morgan fingerprint density at radius 3 is 2.54 bits per heavy atom. The van der Waals surface area contributed by atoms with Crippen LogP contribution in [0.25, 0.3) is 0 Å². The van der Waals surface area contributed by atoms with Crippen molar-refractivity contribution in [2.75, 3.05) is 5.33 Å². The molecule has 1 aromatic heterocycles. The normalized spacial score (nSPS) is 15.7. The van der Waals surface area contributed by atoms with Gasteiger partial charge in [-0.1, -0.05) is 29.8 Å². The van der Waals surface area contributed by atoms with E-state index in [0.29, 0.717) is 5.41 Å². The lowest BCUT2D eigenvalue weighted by atomic mass is 9.86.